The van der Waals surface area contributed by atoms with Gasteiger partial charge in [0.05, 0.1) is 18.9 Å². The Morgan fingerprint density at radius 3 is 2.83 bits per heavy atom. The number of anilines is 1. The molecule has 160 valence electrons. The van der Waals surface area contributed by atoms with Crippen molar-refractivity contribution in [3.05, 3.63) is 59.4 Å². The van der Waals surface area contributed by atoms with Crippen LogP contribution in [0.2, 0.25) is 0 Å². The first-order valence-corrected chi connectivity index (χ1v) is 9.80. The van der Waals surface area contributed by atoms with Crippen molar-refractivity contribution >= 4 is 28.5 Å². The number of pyridine rings is 1. The fourth-order valence-electron chi connectivity index (χ4n) is 3.66. The zero-order valence-electron chi connectivity index (χ0n) is 15.1. The molecule has 3 heterocycles. The smallest absolute Gasteiger partial charge is 0.274 e. The Kier molecular flexibility index (Phi) is 6.37. The number of alkyl halides is 1. The molecule has 30 heavy (non-hydrogen) atoms. The molecule has 1 fully saturated rings. The number of carbonyl (C=O) groups is 1. The van der Waals surface area contributed by atoms with E-state index in [1.165, 1.54) is 36.0 Å². The number of halogens is 3. The summed E-state index contributed by atoms with van der Waals surface area (Å²) in [5.74, 6) is -1.66. The lowest BCUT2D eigenvalue weighted by Gasteiger charge is -2.35. The van der Waals surface area contributed by atoms with Crippen LogP contribution >= 0.6 is 11.8 Å². The molecule has 2 aliphatic rings. The van der Waals surface area contributed by atoms with Gasteiger partial charge in [-0.15, -0.1) is 0 Å². The highest BCUT2D eigenvalue weighted by molar-refractivity contribution is 8.13. The number of benzene rings is 1. The largest absolute Gasteiger partial charge is 0.379 e. The monoisotopic (exact) mass is 438 g/mol. The minimum absolute atomic E-state index is 0. The first kappa shape index (κ1) is 22.1. The van der Waals surface area contributed by atoms with E-state index in [0.717, 1.165) is 12.3 Å². The lowest BCUT2D eigenvalue weighted by molar-refractivity contribution is 0.0721. The molecule has 0 aliphatic carbocycles. The molecule has 0 bridgehead atoms. The van der Waals surface area contributed by atoms with Crippen molar-refractivity contribution in [1.29, 1.82) is 0 Å². The third kappa shape index (κ3) is 3.89. The number of nitrogens with zero attached hydrogens (tertiary/aromatic N) is 2. The molecule has 1 aromatic carbocycles. The maximum Gasteiger partial charge on any atom is 0.274 e. The van der Waals surface area contributed by atoms with E-state index in [1.54, 1.807) is 0 Å². The maximum absolute atomic E-state index is 14.8. The summed E-state index contributed by atoms with van der Waals surface area (Å²) in [5, 5.41) is 2.88. The Labute approximate surface area is 176 Å². The summed E-state index contributed by atoms with van der Waals surface area (Å²) in [6, 6.07) is 6.39. The van der Waals surface area contributed by atoms with Gasteiger partial charge in [0.1, 0.15) is 29.5 Å². The molecule has 3 N–H and O–H groups in total. The summed E-state index contributed by atoms with van der Waals surface area (Å²) in [4.78, 5) is 20.5. The van der Waals surface area contributed by atoms with Crippen LogP contribution in [0.25, 0.3) is 0 Å². The van der Waals surface area contributed by atoms with Crippen LogP contribution in [0.1, 0.15) is 23.5 Å². The first-order valence-electron chi connectivity index (χ1n) is 8.81. The van der Waals surface area contributed by atoms with Gasteiger partial charge in [0.15, 0.2) is 5.17 Å². The predicted octanol–water partition coefficient (Wildman–Crippen LogP) is 3.49. The molecule has 1 aromatic heterocycles. The molecule has 0 unspecified atom stereocenters. The van der Waals surface area contributed by atoms with Crippen LogP contribution in [-0.4, -0.2) is 41.2 Å². The second-order valence-corrected chi connectivity index (χ2v) is 7.85. The Morgan fingerprint density at radius 1 is 1.33 bits per heavy atom. The number of rotatable bonds is 4. The standard InChI is InChI=1S/C19H17F3N4O2S.CH4/c20-6-16-13-8-29-18(23)26-19(13,9-28-16)12-5-11(2-3-14(12)22)25-17(27)15-4-1-10(21)7-24-15;/h1-5,7,13,16H,6,8-9H2,(H2,23,26)(H,25,27);1H4/t13-,16-,19-;/m1./s1. The van der Waals surface area contributed by atoms with Crippen molar-refractivity contribution in [2.75, 3.05) is 24.4 Å². The maximum atomic E-state index is 14.8. The molecule has 0 saturated carbocycles. The number of amides is 1. The molecule has 1 saturated heterocycles. The van der Waals surface area contributed by atoms with Crippen LogP contribution in [0.5, 0.6) is 0 Å². The number of ether oxygens (including phenoxy) is 1. The van der Waals surface area contributed by atoms with E-state index in [-0.39, 0.29) is 30.5 Å². The fraction of sp³-hybridized carbons (Fsp3) is 0.350. The van der Waals surface area contributed by atoms with Gasteiger partial charge < -0.3 is 15.8 Å². The van der Waals surface area contributed by atoms with Crippen LogP contribution in [0.3, 0.4) is 0 Å². The topological polar surface area (TPSA) is 89.6 Å². The zero-order chi connectivity index (χ0) is 20.6. The summed E-state index contributed by atoms with van der Waals surface area (Å²) in [5.41, 5.74) is 5.20. The number of hydrogen-bond donors (Lipinski definition) is 2. The highest BCUT2D eigenvalue weighted by Crippen LogP contribution is 2.48. The van der Waals surface area contributed by atoms with E-state index < -0.39 is 41.8 Å². The van der Waals surface area contributed by atoms with Gasteiger partial charge in [-0.05, 0) is 30.3 Å². The predicted molar refractivity (Wildman–Crippen MR) is 110 cm³/mol. The molecule has 0 radical (unpaired) electrons. The number of nitrogens with two attached hydrogens (primary N) is 1. The van der Waals surface area contributed by atoms with Crippen molar-refractivity contribution < 1.29 is 22.7 Å². The zero-order valence-corrected chi connectivity index (χ0v) is 15.9. The molecule has 4 rings (SSSR count). The van der Waals surface area contributed by atoms with Crippen LogP contribution in [0, 0.1) is 17.6 Å². The second-order valence-electron chi connectivity index (χ2n) is 6.81. The van der Waals surface area contributed by atoms with Gasteiger partial charge in [-0.3, -0.25) is 4.79 Å². The molecular formula is C20H21F3N4O2S. The molecule has 2 aromatic rings. The van der Waals surface area contributed by atoms with E-state index in [1.807, 2.05) is 0 Å². The SMILES string of the molecule is C.NC1=N[C@@]2(c3cc(NC(=O)c4ccc(F)cn4)ccc3F)CO[C@H](CF)[C@H]2CS1. The van der Waals surface area contributed by atoms with Crippen LogP contribution in [-0.2, 0) is 10.3 Å². The number of hydrogen-bond acceptors (Lipinski definition) is 6. The van der Waals surface area contributed by atoms with Gasteiger partial charge in [0, 0.05) is 22.9 Å². The Balaban J connectivity index is 0.00000256. The molecule has 2 aliphatic heterocycles. The summed E-state index contributed by atoms with van der Waals surface area (Å²) >= 11 is 1.28. The lowest BCUT2D eigenvalue weighted by atomic mass is 9.79. The Hall–Kier alpha value is -2.59. The summed E-state index contributed by atoms with van der Waals surface area (Å²) in [6.45, 7) is -0.724. The van der Waals surface area contributed by atoms with E-state index >= 15 is 0 Å². The van der Waals surface area contributed by atoms with E-state index in [4.69, 9.17) is 10.5 Å². The van der Waals surface area contributed by atoms with Gasteiger partial charge >= 0.3 is 0 Å². The number of nitrogens with one attached hydrogen (secondary N) is 1. The van der Waals surface area contributed by atoms with E-state index in [9.17, 15) is 18.0 Å². The van der Waals surface area contributed by atoms with E-state index in [0.29, 0.717) is 11.4 Å². The normalized spacial score (nSPS) is 25.1. The highest BCUT2D eigenvalue weighted by atomic mass is 32.2. The number of thioether (sulfide) groups is 1. The van der Waals surface area contributed by atoms with Gasteiger partial charge in [-0.25, -0.2) is 23.1 Å². The van der Waals surface area contributed by atoms with Crippen molar-refractivity contribution in [3.63, 3.8) is 0 Å². The molecule has 10 heteroatoms. The quantitative estimate of drug-likeness (QED) is 0.763. The van der Waals surface area contributed by atoms with Crippen molar-refractivity contribution in [2.45, 2.75) is 19.1 Å². The molecule has 1 amide bonds. The average Bonchev–Trinajstić information content (AvgIpc) is 3.08. The lowest BCUT2D eigenvalue weighted by Crippen LogP contribution is -2.42. The molecule has 3 atom stereocenters. The first-order chi connectivity index (χ1) is 13.9. The van der Waals surface area contributed by atoms with E-state index in [2.05, 4.69) is 15.3 Å². The number of aromatic nitrogens is 1. The number of fused-ring (bicyclic) bond motifs is 1. The van der Waals surface area contributed by atoms with Crippen molar-refractivity contribution in [2.24, 2.45) is 16.6 Å². The number of amidine groups is 1. The fourth-order valence-corrected chi connectivity index (χ4v) is 4.73. The minimum atomic E-state index is -1.16. The van der Waals surface area contributed by atoms with Crippen LogP contribution < -0.4 is 11.1 Å². The minimum Gasteiger partial charge on any atom is -0.379 e. The van der Waals surface area contributed by atoms with Crippen LogP contribution in [0.4, 0.5) is 18.9 Å². The summed E-state index contributed by atoms with van der Waals surface area (Å²) in [7, 11) is 0. The summed E-state index contributed by atoms with van der Waals surface area (Å²) in [6.07, 6.45) is 0.221. The number of aliphatic imine (C=N–C) groups is 1. The molecule has 6 nitrogen and oxygen atoms in total. The van der Waals surface area contributed by atoms with Gasteiger partial charge in [0.25, 0.3) is 5.91 Å². The second kappa shape index (κ2) is 8.65. The van der Waals surface area contributed by atoms with Crippen molar-refractivity contribution in [3.8, 4) is 0 Å². The highest BCUT2D eigenvalue weighted by Gasteiger charge is 2.54. The average molecular weight is 438 g/mol. The Bertz CT molecular complexity index is 973. The van der Waals surface area contributed by atoms with Gasteiger partial charge in [-0.1, -0.05) is 19.2 Å². The summed E-state index contributed by atoms with van der Waals surface area (Å²) < 4.78 is 46.8. The van der Waals surface area contributed by atoms with Crippen molar-refractivity contribution in [1.82, 2.24) is 4.98 Å². The van der Waals surface area contributed by atoms with Crippen LogP contribution in [0.15, 0.2) is 41.5 Å². The van der Waals surface area contributed by atoms with Gasteiger partial charge in [-0.2, -0.15) is 0 Å². The third-order valence-electron chi connectivity index (χ3n) is 5.10. The molecular weight excluding hydrogens is 417 g/mol. The number of carbonyl (C=O) groups excluding carboxylic acids is 1. The Morgan fingerprint density at radius 2 is 2.13 bits per heavy atom. The molecule has 0 spiro atoms. The third-order valence-corrected chi connectivity index (χ3v) is 6.02. The van der Waals surface area contributed by atoms with Gasteiger partial charge in [0.2, 0.25) is 0 Å².